The lowest BCUT2D eigenvalue weighted by Crippen LogP contribution is -2.08. The van der Waals surface area contributed by atoms with Gasteiger partial charge in [-0.05, 0) is 18.2 Å². The molecule has 0 atom stereocenters. The Hall–Kier alpha value is -1.52. The van der Waals surface area contributed by atoms with Crippen molar-refractivity contribution in [1.29, 1.82) is 0 Å². The van der Waals surface area contributed by atoms with Crippen molar-refractivity contribution in [2.45, 2.75) is 6.18 Å². The molecule has 0 N–H and O–H groups in total. The number of nitrogens with zero attached hydrogens (tertiary/aromatic N) is 1. The Balaban J connectivity index is 2.34. The van der Waals surface area contributed by atoms with Crippen LogP contribution >= 0.6 is 0 Å². The second-order valence-corrected chi connectivity index (χ2v) is 3.11. The van der Waals surface area contributed by atoms with Crippen LogP contribution in [-0.2, 0) is 10.9 Å². The lowest BCUT2D eigenvalue weighted by Gasteiger charge is -2.08. The Bertz CT molecular complexity index is 398. The first-order chi connectivity index (χ1) is 7.07. The number of halogens is 3. The number of hydrogen-bond donors (Lipinski definition) is 0. The minimum atomic E-state index is -4.32. The second-order valence-electron chi connectivity index (χ2n) is 3.11. The van der Waals surface area contributed by atoms with Crippen LogP contribution in [-0.4, -0.2) is 19.0 Å². The molecule has 2 rings (SSSR count). The summed E-state index contributed by atoms with van der Waals surface area (Å²) >= 11 is 0. The van der Waals surface area contributed by atoms with E-state index in [4.69, 9.17) is 4.74 Å². The Morgan fingerprint density at radius 2 is 2.07 bits per heavy atom. The van der Waals surface area contributed by atoms with E-state index in [2.05, 4.69) is 4.99 Å². The minimum absolute atomic E-state index is 0.293. The molecule has 0 aliphatic carbocycles. The summed E-state index contributed by atoms with van der Waals surface area (Å²) in [6.45, 7) is 0.942. The molecule has 15 heavy (non-hydrogen) atoms. The van der Waals surface area contributed by atoms with Gasteiger partial charge in [0.1, 0.15) is 6.61 Å². The van der Waals surface area contributed by atoms with Gasteiger partial charge in [-0.15, -0.1) is 0 Å². The average molecular weight is 215 g/mol. The molecule has 1 aliphatic heterocycles. The van der Waals surface area contributed by atoms with Crippen molar-refractivity contribution in [2.75, 3.05) is 13.2 Å². The summed E-state index contributed by atoms with van der Waals surface area (Å²) in [6.07, 6.45) is -4.32. The summed E-state index contributed by atoms with van der Waals surface area (Å²) in [6, 6.07) is 4.98. The number of alkyl halides is 3. The van der Waals surface area contributed by atoms with Crippen molar-refractivity contribution in [3.63, 3.8) is 0 Å². The van der Waals surface area contributed by atoms with E-state index >= 15 is 0 Å². The molecular weight excluding hydrogens is 207 g/mol. The van der Waals surface area contributed by atoms with Gasteiger partial charge in [0.25, 0.3) is 0 Å². The normalized spacial score (nSPS) is 16.1. The van der Waals surface area contributed by atoms with E-state index in [0.717, 1.165) is 12.1 Å². The van der Waals surface area contributed by atoms with Gasteiger partial charge in [0.15, 0.2) is 0 Å². The van der Waals surface area contributed by atoms with Gasteiger partial charge in [-0.25, -0.2) is 4.99 Å². The molecule has 1 aromatic carbocycles. The van der Waals surface area contributed by atoms with Gasteiger partial charge in [0, 0.05) is 5.56 Å². The van der Waals surface area contributed by atoms with E-state index in [1.54, 1.807) is 6.07 Å². The monoisotopic (exact) mass is 215 g/mol. The smallest absolute Gasteiger partial charge is 0.416 e. The number of benzene rings is 1. The molecule has 1 aromatic rings. The molecule has 0 spiro atoms. The van der Waals surface area contributed by atoms with Crippen LogP contribution in [0, 0.1) is 0 Å². The summed E-state index contributed by atoms with van der Waals surface area (Å²) in [7, 11) is 0. The highest BCUT2D eigenvalue weighted by Crippen LogP contribution is 2.29. The lowest BCUT2D eigenvalue weighted by atomic mass is 10.1. The van der Waals surface area contributed by atoms with Gasteiger partial charge in [-0.1, -0.05) is 6.07 Å². The van der Waals surface area contributed by atoms with Gasteiger partial charge >= 0.3 is 6.18 Å². The molecule has 0 unspecified atom stereocenters. The molecule has 0 amide bonds. The fourth-order valence-electron chi connectivity index (χ4n) is 1.34. The fourth-order valence-corrected chi connectivity index (χ4v) is 1.34. The van der Waals surface area contributed by atoms with E-state index in [1.165, 1.54) is 6.07 Å². The van der Waals surface area contributed by atoms with Crippen molar-refractivity contribution >= 4 is 5.90 Å². The third-order valence-corrected chi connectivity index (χ3v) is 2.02. The zero-order valence-electron chi connectivity index (χ0n) is 7.71. The zero-order valence-corrected chi connectivity index (χ0v) is 7.71. The third-order valence-electron chi connectivity index (χ3n) is 2.02. The molecule has 1 aliphatic rings. The van der Waals surface area contributed by atoms with Crippen molar-refractivity contribution in [3.8, 4) is 0 Å². The van der Waals surface area contributed by atoms with Crippen LogP contribution in [0.5, 0.6) is 0 Å². The van der Waals surface area contributed by atoms with Crippen molar-refractivity contribution in [3.05, 3.63) is 35.4 Å². The molecule has 0 saturated carbocycles. The molecule has 0 aromatic heterocycles. The summed E-state index contributed by atoms with van der Waals surface area (Å²) < 4.78 is 42.2. The molecule has 2 nitrogen and oxygen atoms in total. The van der Waals surface area contributed by atoms with Gasteiger partial charge in [0.2, 0.25) is 5.90 Å². The Morgan fingerprint density at radius 1 is 1.27 bits per heavy atom. The van der Waals surface area contributed by atoms with Gasteiger partial charge in [0.05, 0.1) is 12.1 Å². The highest BCUT2D eigenvalue weighted by atomic mass is 19.4. The first-order valence-electron chi connectivity index (χ1n) is 4.42. The summed E-state index contributed by atoms with van der Waals surface area (Å²) in [4.78, 5) is 3.96. The first-order valence-corrected chi connectivity index (χ1v) is 4.42. The van der Waals surface area contributed by atoms with Crippen LogP contribution in [0.15, 0.2) is 29.3 Å². The van der Waals surface area contributed by atoms with E-state index in [9.17, 15) is 13.2 Å². The molecule has 0 radical (unpaired) electrons. The van der Waals surface area contributed by atoms with Crippen LogP contribution in [0.4, 0.5) is 13.2 Å². The average Bonchev–Trinajstić information content (AvgIpc) is 2.69. The van der Waals surface area contributed by atoms with Crippen LogP contribution < -0.4 is 0 Å². The number of ether oxygens (including phenoxy) is 1. The largest absolute Gasteiger partial charge is 0.476 e. The van der Waals surface area contributed by atoms with Crippen molar-refractivity contribution < 1.29 is 17.9 Å². The Kier molecular flexibility index (Phi) is 2.38. The standard InChI is InChI=1S/C10H8F3NO/c11-10(12,13)8-3-1-2-7(6-8)9-14-4-5-15-9/h1-3,6H,4-5H2. The molecule has 80 valence electrons. The molecule has 0 bridgehead atoms. The lowest BCUT2D eigenvalue weighted by molar-refractivity contribution is -0.137. The Morgan fingerprint density at radius 3 is 2.67 bits per heavy atom. The zero-order chi connectivity index (χ0) is 10.9. The molecule has 0 fully saturated rings. The molecule has 0 saturated heterocycles. The maximum Gasteiger partial charge on any atom is 0.416 e. The fraction of sp³-hybridized carbons (Fsp3) is 0.300. The van der Waals surface area contributed by atoms with Gasteiger partial charge in [-0.3, -0.25) is 0 Å². The van der Waals surface area contributed by atoms with Crippen LogP contribution in [0.2, 0.25) is 0 Å². The Labute approximate surface area is 84.4 Å². The van der Waals surface area contributed by atoms with Crippen molar-refractivity contribution in [2.24, 2.45) is 4.99 Å². The van der Waals surface area contributed by atoms with E-state index in [1.807, 2.05) is 0 Å². The highest BCUT2D eigenvalue weighted by molar-refractivity contribution is 5.95. The molecule has 5 heteroatoms. The number of rotatable bonds is 1. The predicted octanol–water partition coefficient (Wildman–Crippen LogP) is 2.48. The van der Waals surface area contributed by atoms with Crippen LogP contribution in [0.25, 0.3) is 0 Å². The first kappa shape index (κ1) is 10.0. The van der Waals surface area contributed by atoms with E-state index in [-0.39, 0.29) is 0 Å². The van der Waals surface area contributed by atoms with E-state index in [0.29, 0.717) is 24.6 Å². The summed E-state index contributed by atoms with van der Waals surface area (Å²) in [5.41, 5.74) is -0.305. The molecule has 1 heterocycles. The number of aliphatic imine (C=N–C) groups is 1. The molecular formula is C10H8F3NO. The third kappa shape index (κ3) is 2.11. The minimum Gasteiger partial charge on any atom is -0.476 e. The summed E-state index contributed by atoms with van der Waals surface area (Å²) in [5, 5.41) is 0. The SMILES string of the molecule is FC(F)(F)c1cccc(C2=NCCO2)c1. The second kappa shape index (κ2) is 3.56. The van der Waals surface area contributed by atoms with Gasteiger partial charge < -0.3 is 4.74 Å². The highest BCUT2D eigenvalue weighted by Gasteiger charge is 2.30. The topological polar surface area (TPSA) is 21.6 Å². The summed E-state index contributed by atoms with van der Waals surface area (Å²) in [5.74, 6) is 0.293. The van der Waals surface area contributed by atoms with Crippen LogP contribution in [0.3, 0.4) is 0 Å². The predicted molar refractivity (Wildman–Crippen MR) is 48.8 cm³/mol. The quantitative estimate of drug-likeness (QED) is 0.705. The maximum atomic E-state index is 12.4. The van der Waals surface area contributed by atoms with Gasteiger partial charge in [-0.2, -0.15) is 13.2 Å². The number of hydrogen-bond acceptors (Lipinski definition) is 2. The maximum absolute atomic E-state index is 12.4. The van der Waals surface area contributed by atoms with Crippen molar-refractivity contribution in [1.82, 2.24) is 0 Å². The van der Waals surface area contributed by atoms with E-state index < -0.39 is 11.7 Å². The van der Waals surface area contributed by atoms with Crippen LogP contribution in [0.1, 0.15) is 11.1 Å².